The molecular formula is C15H16Cl2N2O2. The second-order valence-corrected chi connectivity index (χ2v) is 5.90. The van der Waals surface area contributed by atoms with E-state index in [1.54, 1.807) is 35.9 Å². The maximum absolute atomic E-state index is 12.0. The fourth-order valence-electron chi connectivity index (χ4n) is 1.95. The molecule has 4 nitrogen and oxygen atoms in total. The van der Waals surface area contributed by atoms with Gasteiger partial charge in [-0.15, -0.1) is 0 Å². The maximum atomic E-state index is 12.0. The summed E-state index contributed by atoms with van der Waals surface area (Å²) in [5.74, 6) is 0.815. The van der Waals surface area contributed by atoms with Crippen LogP contribution in [0.2, 0.25) is 10.0 Å². The van der Waals surface area contributed by atoms with E-state index in [1.807, 2.05) is 13.8 Å². The van der Waals surface area contributed by atoms with Crippen LogP contribution in [0.4, 0.5) is 5.69 Å². The lowest BCUT2D eigenvalue weighted by Gasteiger charge is -2.15. The van der Waals surface area contributed by atoms with E-state index in [9.17, 15) is 4.79 Å². The van der Waals surface area contributed by atoms with Crippen LogP contribution in [0.5, 0.6) is 11.5 Å². The summed E-state index contributed by atoms with van der Waals surface area (Å²) in [6, 6.07) is 4.81. The molecule has 0 saturated carbocycles. The molecule has 0 aliphatic rings. The Bertz CT molecular complexity index is 716. The lowest BCUT2D eigenvalue weighted by atomic mass is 10.2. The Hall–Kier alpha value is -1.65. The van der Waals surface area contributed by atoms with E-state index in [-0.39, 0.29) is 11.6 Å². The zero-order valence-electron chi connectivity index (χ0n) is 12.0. The van der Waals surface area contributed by atoms with Crippen molar-refractivity contribution in [2.45, 2.75) is 26.8 Å². The predicted molar refractivity (Wildman–Crippen MR) is 86.8 cm³/mol. The number of pyridine rings is 1. The fourth-order valence-corrected chi connectivity index (χ4v) is 2.53. The largest absolute Gasteiger partial charge is 0.453 e. The van der Waals surface area contributed by atoms with Crippen molar-refractivity contribution in [2.75, 3.05) is 5.73 Å². The van der Waals surface area contributed by atoms with Crippen LogP contribution in [0.3, 0.4) is 0 Å². The molecule has 0 spiro atoms. The van der Waals surface area contributed by atoms with E-state index < -0.39 is 0 Å². The molecular weight excluding hydrogens is 311 g/mol. The quantitative estimate of drug-likeness (QED) is 0.849. The van der Waals surface area contributed by atoms with Gasteiger partial charge in [0.1, 0.15) is 5.75 Å². The number of hydrogen-bond donors (Lipinski definition) is 1. The number of nitrogen functional groups attached to an aromatic ring is 1. The fraction of sp³-hybridized carbons (Fsp3) is 0.267. The van der Waals surface area contributed by atoms with Crippen LogP contribution in [0.25, 0.3) is 0 Å². The Labute approximate surface area is 133 Å². The van der Waals surface area contributed by atoms with E-state index >= 15 is 0 Å². The van der Waals surface area contributed by atoms with Crippen molar-refractivity contribution in [3.05, 3.63) is 50.4 Å². The molecule has 1 aromatic heterocycles. The minimum absolute atomic E-state index is 0.0251. The van der Waals surface area contributed by atoms with Crippen LogP contribution in [0.15, 0.2) is 29.2 Å². The van der Waals surface area contributed by atoms with Gasteiger partial charge in [-0.2, -0.15) is 0 Å². The number of aryl methyl sites for hydroxylation is 1. The van der Waals surface area contributed by atoms with Gasteiger partial charge < -0.3 is 15.0 Å². The third kappa shape index (κ3) is 3.34. The first-order valence-electron chi connectivity index (χ1n) is 6.44. The lowest BCUT2D eigenvalue weighted by Crippen LogP contribution is -2.23. The van der Waals surface area contributed by atoms with E-state index in [1.165, 1.54) is 0 Å². The second kappa shape index (κ2) is 6.00. The van der Waals surface area contributed by atoms with Gasteiger partial charge in [-0.3, -0.25) is 4.79 Å². The highest BCUT2D eigenvalue weighted by Crippen LogP contribution is 2.38. The summed E-state index contributed by atoms with van der Waals surface area (Å²) < 4.78 is 7.34. The van der Waals surface area contributed by atoms with Crippen molar-refractivity contribution in [1.29, 1.82) is 0 Å². The summed E-state index contributed by atoms with van der Waals surface area (Å²) in [7, 11) is 0. The second-order valence-electron chi connectivity index (χ2n) is 5.08. The molecule has 0 fully saturated rings. The van der Waals surface area contributed by atoms with Gasteiger partial charge in [0.05, 0.1) is 16.2 Å². The third-order valence-corrected chi connectivity index (χ3v) is 3.56. The van der Waals surface area contributed by atoms with E-state index in [0.717, 1.165) is 0 Å². The number of ether oxygens (including phenoxy) is 1. The summed E-state index contributed by atoms with van der Waals surface area (Å²) in [4.78, 5) is 12.0. The van der Waals surface area contributed by atoms with Crippen LogP contribution < -0.4 is 16.0 Å². The molecule has 0 bridgehead atoms. The standard InChI is InChI=1S/C15H16Cl2N2O2/c1-8(2)19-7-11(4-9(3)15(19)20)21-14-12(16)5-10(18)6-13(14)17/h4-8H,18H2,1-3H3. The molecule has 0 atom stereocenters. The number of rotatable bonds is 3. The zero-order chi connectivity index (χ0) is 15.7. The summed E-state index contributed by atoms with van der Waals surface area (Å²) in [6.07, 6.45) is 1.64. The number of nitrogens with two attached hydrogens (primary N) is 1. The van der Waals surface area contributed by atoms with Gasteiger partial charge in [-0.1, -0.05) is 23.2 Å². The molecule has 2 rings (SSSR count). The summed E-state index contributed by atoms with van der Waals surface area (Å²) in [5, 5.41) is 0.639. The Morgan fingerprint density at radius 2 is 1.76 bits per heavy atom. The summed E-state index contributed by atoms with van der Waals surface area (Å²) in [5.41, 5.74) is 6.66. The Kier molecular flexibility index (Phi) is 4.49. The van der Waals surface area contributed by atoms with Crippen LogP contribution in [-0.4, -0.2) is 4.57 Å². The SMILES string of the molecule is Cc1cc(Oc2c(Cl)cc(N)cc2Cl)cn(C(C)C)c1=O. The Balaban J connectivity index is 2.48. The minimum atomic E-state index is -0.0492. The molecule has 0 unspecified atom stereocenters. The predicted octanol–water partition coefficient (Wildman–Crippen LogP) is 4.42. The summed E-state index contributed by atoms with van der Waals surface area (Å²) >= 11 is 12.2. The van der Waals surface area contributed by atoms with Crippen LogP contribution in [0.1, 0.15) is 25.5 Å². The minimum Gasteiger partial charge on any atom is -0.453 e. The maximum Gasteiger partial charge on any atom is 0.253 e. The van der Waals surface area contributed by atoms with Gasteiger partial charge >= 0.3 is 0 Å². The first-order chi connectivity index (χ1) is 9.79. The van der Waals surface area contributed by atoms with Crippen molar-refractivity contribution in [2.24, 2.45) is 0 Å². The number of aromatic nitrogens is 1. The van der Waals surface area contributed by atoms with Gasteiger partial charge in [0.25, 0.3) is 5.56 Å². The first-order valence-corrected chi connectivity index (χ1v) is 7.20. The average molecular weight is 327 g/mol. The molecule has 1 heterocycles. The topological polar surface area (TPSA) is 57.2 Å². The van der Waals surface area contributed by atoms with E-state index in [2.05, 4.69) is 0 Å². The van der Waals surface area contributed by atoms with Crippen molar-refractivity contribution in [3.8, 4) is 11.5 Å². The first kappa shape index (κ1) is 15.7. The molecule has 21 heavy (non-hydrogen) atoms. The molecule has 2 aromatic rings. The van der Waals surface area contributed by atoms with Crippen molar-refractivity contribution in [3.63, 3.8) is 0 Å². The van der Waals surface area contributed by atoms with Gasteiger partial charge in [0.15, 0.2) is 5.75 Å². The number of nitrogens with zero attached hydrogens (tertiary/aromatic N) is 1. The molecule has 0 saturated heterocycles. The Morgan fingerprint density at radius 1 is 1.19 bits per heavy atom. The van der Waals surface area contributed by atoms with Crippen molar-refractivity contribution >= 4 is 28.9 Å². The Morgan fingerprint density at radius 3 is 2.29 bits per heavy atom. The normalized spacial score (nSPS) is 11.0. The molecule has 0 aliphatic heterocycles. The lowest BCUT2D eigenvalue weighted by molar-refractivity contribution is 0.464. The highest BCUT2D eigenvalue weighted by Gasteiger charge is 2.13. The smallest absolute Gasteiger partial charge is 0.253 e. The molecule has 1 aromatic carbocycles. The van der Waals surface area contributed by atoms with Gasteiger partial charge in [0, 0.05) is 17.3 Å². The summed E-state index contributed by atoms with van der Waals surface area (Å²) in [6.45, 7) is 5.59. The third-order valence-electron chi connectivity index (χ3n) is 2.99. The number of anilines is 1. The molecule has 112 valence electrons. The molecule has 0 aliphatic carbocycles. The number of halogens is 2. The van der Waals surface area contributed by atoms with Crippen LogP contribution >= 0.6 is 23.2 Å². The molecule has 6 heteroatoms. The van der Waals surface area contributed by atoms with Crippen LogP contribution in [-0.2, 0) is 0 Å². The van der Waals surface area contributed by atoms with Crippen molar-refractivity contribution < 1.29 is 4.74 Å². The molecule has 0 radical (unpaired) electrons. The van der Waals surface area contributed by atoms with Crippen LogP contribution in [0, 0.1) is 6.92 Å². The monoisotopic (exact) mass is 326 g/mol. The number of benzene rings is 1. The van der Waals surface area contributed by atoms with Crippen molar-refractivity contribution in [1.82, 2.24) is 4.57 Å². The van der Waals surface area contributed by atoms with Gasteiger partial charge in [-0.25, -0.2) is 0 Å². The average Bonchev–Trinajstić information content (AvgIpc) is 2.37. The van der Waals surface area contributed by atoms with E-state index in [4.69, 9.17) is 33.7 Å². The zero-order valence-corrected chi connectivity index (χ0v) is 13.5. The molecule has 0 amide bonds. The molecule has 2 N–H and O–H groups in total. The van der Waals surface area contributed by atoms with E-state index in [0.29, 0.717) is 32.8 Å². The van der Waals surface area contributed by atoms with Gasteiger partial charge in [-0.05, 0) is 39.0 Å². The highest BCUT2D eigenvalue weighted by atomic mass is 35.5. The van der Waals surface area contributed by atoms with Gasteiger partial charge in [0.2, 0.25) is 0 Å². The highest BCUT2D eigenvalue weighted by molar-refractivity contribution is 6.37. The number of hydrogen-bond acceptors (Lipinski definition) is 3.